The Bertz CT molecular complexity index is 675. The molecule has 13 heavy (non-hydrogen) atoms. The van der Waals surface area contributed by atoms with Crippen molar-refractivity contribution < 1.29 is 29.7 Å². The predicted molar refractivity (Wildman–Crippen MR) is 48.5 cm³/mol. The molecule has 0 atom stereocenters. The van der Waals surface area contributed by atoms with E-state index in [2.05, 4.69) is 11.1 Å². The van der Waals surface area contributed by atoms with Crippen LogP contribution in [0.4, 0.5) is 0 Å². The van der Waals surface area contributed by atoms with Gasteiger partial charge < -0.3 is 4.98 Å². The molecule has 0 aliphatic carbocycles. The molecule has 0 aliphatic heterocycles. The van der Waals surface area contributed by atoms with Crippen LogP contribution in [0, 0.1) is 6.07 Å². The van der Waals surface area contributed by atoms with E-state index in [1.54, 1.807) is 0 Å². The zero-order chi connectivity index (χ0) is 14.3. The molecule has 1 heterocycles. The van der Waals surface area contributed by atoms with E-state index >= 15 is 0 Å². The third-order valence-corrected chi connectivity index (χ3v) is 1.25. The normalized spacial score (nSPS) is 16.5. The molecule has 2 aromatic rings. The number of aromatic nitrogens is 1. The molecule has 2 rings (SSSR count). The Hall–Kier alpha value is -0.981. The monoisotopic (exact) mass is 354 g/mol. The number of benzene rings is 1. The summed E-state index contributed by atoms with van der Waals surface area (Å²) in [6.07, 6.45) is 1.07. The molecular weight excluding hydrogens is 338 g/mol. The van der Waals surface area contributed by atoms with Crippen molar-refractivity contribution >= 4 is 0 Å². The quantitative estimate of drug-likeness (QED) is 0.718. The third kappa shape index (κ3) is 2.48. The van der Waals surface area contributed by atoms with Gasteiger partial charge in [-0.3, -0.25) is 0 Å². The van der Waals surface area contributed by atoms with Crippen molar-refractivity contribution in [3.63, 3.8) is 0 Å². The van der Waals surface area contributed by atoms with Gasteiger partial charge >= 0.3 is 0 Å². The van der Waals surface area contributed by atoms with E-state index in [0.29, 0.717) is 0 Å². The van der Waals surface area contributed by atoms with Gasteiger partial charge in [0.1, 0.15) is 0 Å². The number of hydrogen-bond donors (Lipinski definition) is 0. The summed E-state index contributed by atoms with van der Waals surface area (Å²) in [5.74, 6) is 0. The molecule has 0 saturated heterocycles. The molecule has 0 bridgehead atoms. The van der Waals surface area contributed by atoms with Crippen molar-refractivity contribution in [2.24, 2.45) is 0 Å². The van der Waals surface area contributed by atoms with Crippen molar-refractivity contribution in [1.29, 1.82) is 0 Å². The standard InChI is InChI=1S/C11H8N.Ir/c1-2-6-10(7-3-1)11-8-4-5-9-12-11;/h1-6,8-9H;/q-1;/i1D,2D,3D,4D,5D,6D,8D;. The van der Waals surface area contributed by atoms with Gasteiger partial charge in [0.05, 0.1) is 4.11 Å². The molecule has 0 N–H and O–H groups in total. The molecule has 0 saturated carbocycles. The Labute approximate surface area is 101 Å². The van der Waals surface area contributed by atoms with Crippen LogP contribution in [0.25, 0.3) is 11.3 Å². The Morgan fingerprint density at radius 1 is 1.15 bits per heavy atom. The summed E-state index contributed by atoms with van der Waals surface area (Å²) in [4.78, 5) is 3.81. The second kappa shape index (κ2) is 4.90. The van der Waals surface area contributed by atoms with E-state index in [-0.39, 0.29) is 61.6 Å². The van der Waals surface area contributed by atoms with Gasteiger partial charge in [-0.2, -0.15) is 0 Å². The molecule has 1 nitrogen and oxygen atoms in total. The van der Waals surface area contributed by atoms with Crippen LogP contribution < -0.4 is 0 Å². The van der Waals surface area contributed by atoms with Crippen LogP contribution in [0.5, 0.6) is 0 Å². The summed E-state index contributed by atoms with van der Waals surface area (Å²) in [6, 6.07) is -0.0559. The molecule has 0 spiro atoms. The van der Waals surface area contributed by atoms with Gasteiger partial charge in [-0.05, 0) is 14.5 Å². The molecule has 1 aromatic carbocycles. The summed E-state index contributed by atoms with van der Waals surface area (Å²) in [7, 11) is 0. The van der Waals surface area contributed by atoms with E-state index in [1.165, 1.54) is 0 Å². The van der Waals surface area contributed by atoms with Gasteiger partial charge in [0.2, 0.25) is 0 Å². The first-order valence-corrected chi connectivity index (χ1v) is 3.27. The van der Waals surface area contributed by atoms with Crippen molar-refractivity contribution in [1.82, 2.24) is 4.98 Å². The molecule has 1 radical (unpaired) electrons. The molecule has 1 aromatic heterocycles. The van der Waals surface area contributed by atoms with Gasteiger partial charge in [0, 0.05) is 29.0 Å². The van der Waals surface area contributed by atoms with Gasteiger partial charge in [0.15, 0.2) is 0 Å². The second-order valence-corrected chi connectivity index (χ2v) is 2.00. The van der Waals surface area contributed by atoms with Crippen LogP contribution in [-0.2, 0) is 20.1 Å². The Balaban J connectivity index is 0.00000200. The molecule has 67 valence electrons. The first-order valence-electron chi connectivity index (χ1n) is 6.77. The van der Waals surface area contributed by atoms with E-state index in [0.717, 1.165) is 6.20 Å². The largest absolute Gasteiger partial charge is 0.305 e. The van der Waals surface area contributed by atoms with Crippen molar-refractivity contribution in [3.05, 3.63) is 54.6 Å². The number of hydrogen-bond acceptors (Lipinski definition) is 1. The minimum Gasteiger partial charge on any atom is -0.305 e. The SMILES string of the molecule is [2H]c1[c-]c(-c2ncc([2H])c([2H])c2[2H])c([2H])c([2H])c1[2H].[Ir]. The Kier molecular flexibility index (Phi) is 1.52. The maximum Gasteiger partial charge on any atom is 0.0638 e. The minimum atomic E-state index is -0.443. The maximum atomic E-state index is 7.74. The van der Waals surface area contributed by atoms with Gasteiger partial charge in [-0.15, -0.1) is 35.8 Å². The van der Waals surface area contributed by atoms with E-state index in [1.807, 2.05) is 0 Å². The van der Waals surface area contributed by atoms with Crippen LogP contribution >= 0.6 is 0 Å². The smallest absolute Gasteiger partial charge is 0.0638 e. The number of nitrogens with zero attached hydrogens (tertiary/aromatic N) is 1. The molecule has 2 heteroatoms. The van der Waals surface area contributed by atoms with Crippen LogP contribution in [0.1, 0.15) is 9.60 Å². The maximum absolute atomic E-state index is 7.74. The van der Waals surface area contributed by atoms with Crippen LogP contribution in [0.2, 0.25) is 0 Å². The van der Waals surface area contributed by atoms with Crippen molar-refractivity contribution in [2.75, 3.05) is 0 Å². The van der Waals surface area contributed by atoms with Crippen LogP contribution in [0.3, 0.4) is 0 Å². The summed E-state index contributed by atoms with van der Waals surface area (Å²) in [5.41, 5.74) is -0.141. The van der Waals surface area contributed by atoms with Crippen molar-refractivity contribution in [3.8, 4) is 11.3 Å². The van der Waals surface area contributed by atoms with Crippen LogP contribution in [0.15, 0.2) is 48.5 Å². The summed E-state index contributed by atoms with van der Waals surface area (Å²) in [5, 5.41) is 0. The molecule has 0 amide bonds. The fourth-order valence-electron chi connectivity index (χ4n) is 0.752. The second-order valence-electron chi connectivity index (χ2n) is 2.00. The van der Waals surface area contributed by atoms with E-state index in [9.17, 15) is 0 Å². The zero-order valence-corrected chi connectivity index (χ0v) is 8.75. The molecule has 0 aliphatic rings. The average molecular weight is 353 g/mol. The molecule has 0 fully saturated rings. The topological polar surface area (TPSA) is 12.9 Å². The fraction of sp³-hybridized carbons (Fsp3) is 0. The molecule has 0 unspecified atom stereocenters. The average Bonchev–Trinajstić information content (AvgIpc) is 2.39. The summed E-state index contributed by atoms with van der Waals surface area (Å²) in [6.45, 7) is 0. The Morgan fingerprint density at radius 3 is 2.92 bits per heavy atom. The number of rotatable bonds is 1. The fourth-order valence-corrected chi connectivity index (χ4v) is 0.752. The Morgan fingerprint density at radius 2 is 2.00 bits per heavy atom. The zero-order valence-electron chi connectivity index (χ0n) is 13.4. The third-order valence-electron chi connectivity index (χ3n) is 1.25. The molecular formula is C11H8IrN-. The van der Waals surface area contributed by atoms with Gasteiger partial charge in [-0.25, -0.2) is 0 Å². The van der Waals surface area contributed by atoms with Crippen molar-refractivity contribution in [2.45, 2.75) is 0 Å². The van der Waals surface area contributed by atoms with Gasteiger partial charge in [-0.1, -0.05) is 12.1 Å². The number of pyridine rings is 1. The predicted octanol–water partition coefficient (Wildman–Crippen LogP) is 2.55. The van der Waals surface area contributed by atoms with Crippen LogP contribution in [-0.4, -0.2) is 4.98 Å². The summed E-state index contributed by atoms with van der Waals surface area (Å²) < 4.78 is 52.8. The minimum absolute atomic E-state index is 0. The van der Waals surface area contributed by atoms with E-state index in [4.69, 9.17) is 9.60 Å². The van der Waals surface area contributed by atoms with Gasteiger partial charge in [0.25, 0.3) is 0 Å². The summed E-state index contributed by atoms with van der Waals surface area (Å²) >= 11 is 0. The first-order chi connectivity index (χ1) is 8.84. The first kappa shape index (κ1) is 4.03. The van der Waals surface area contributed by atoms with E-state index < -0.39 is 12.1 Å².